The number of sulfonamides is 1. The molecule has 2 aromatic carbocycles. The first-order valence-corrected chi connectivity index (χ1v) is 14.9. The number of hydrogen-bond acceptors (Lipinski definition) is 6. The van der Waals surface area contributed by atoms with E-state index in [2.05, 4.69) is 6.07 Å². The number of benzene rings is 2. The molecule has 0 radical (unpaired) electrons. The van der Waals surface area contributed by atoms with Gasteiger partial charge in [-0.05, 0) is 91.8 Å². The van der Waals surface area contributed by atoms with Gasteiger partial charge >= 0.3 is 0 Å². The van der Waals surface area contributed by atoms with Crippen LogP contribution in [0.15, 0.2) is 53.6 Å². The van der Waals surface area contributed by atoms with E-state index in [1.165, 1.54) is 0 Å². The summed E-state index contributed by atoms with van der Waals surface area (Å²) in [6.07, 6.45) is 10.3. The minimum atomic E-state index is -3.84. The summed E-state index contributed by atoms with van der Waals surface area (Å²) in [6.45, 7) is 1.73. The van der Waals surface area contributed by atoms with Crippen LogP contribution >= 0.6 is 0 Å². The van der Waals surface area contributed by atoms with Crippen LogP contribution in [0.25, 0.3) is 0 Å². The summed E-state index contributed by atoms with van der Waals surface area (Å²) in [5, 5.41) is 10.1. The quantitative estimate of drug-likeness (QED) is 0.529. The van der Waals surface area contributed by atoms with E-state index < -0.39 is 10.0 Å². The van der Waals surface area contributed by atoms with Gasteiger partial charge in [0, 0.05) is 31.2 Å². The predicted molar refractivity (Wildman–Crippen MR) is 140 cm³/mol. The standard InChI is InChI=1S/C29H35NO6S/c31-18-24-17-25(7-10-29(24)36-19-20-11-14-34-15-12-20)37(32,33)30-26(21-3-4-21)8-5-22-16-23(6-9-27(22)30)28-2-1-13-35-28/h1,6-7,9-10,13,16-17,20-21,26,28,31H,2-5,8,11-12,14-15,18-19H2. The van der Waals surface area contributed by atoms with Crippen molar-refractivity contribution in [3.63, 3.8) is 0 Å². The Balaban J connectivity index is 1.29. The molecule has 1 saturated carbocycles. The monoisotopic (exact) mass is 525 g/mol. The van der Waals surface area contributed by atoms with Crippen molar-refractivity contribution in [2.45, 2.75) is 68.6 Å². The first-order chi connectivity index (χ1) is 18.0. The number of fused-ring (bicyclic) bond motifs is 1. The van der Waals surface area contributed by atoms with Crippen LogP contribution in [0.3, 0.4) is 0 Å². The molecule has 2 fully saturated rings. The van der Waals surface area contributed by atoms with Crippen molar-refractivity contribution in [2.75, 3.05) is 24.1 Å². The maximum Gasteiger partial charge on any atom is 0.264 e. The summed E-state index contributed by atoms with van der Waals surface area (Å²) in [7, 11) is -3.84. The fourth-order valence-corrected chi connectivity index (χ4v) is 7.68. The van der Waals surface area contributed by atoms with Crippen LogP contribution in [-0.4, -0.2) is 39.4 Å². The maximum absolute atomic E-state index is 14.2. The normalized spacial score (nSPS) is 24.1. The van der Waals surface area contributed by atoms with E-state index in [0.717, 1.165) is 75.0 Å². The van der Waals surface area contributed by atoms with E-state index in [4.69, 9.17) is 14.2 Å². The molecule has 37 heavy (non-hydrogen) atoms. The molecule has 3 aliphatic heterocycles. The van der Waals surface area contributed by atoms with Crippen molar-refractivity contribution in [3.8, 4) is 5.75 Å². The fraction of sp³-hybridized carbons (Fsp3) is 0.517. The van der Waals surface area contributed by atoms with Gasteiger partial charge in [0.2, 0.25) is 0 Å². The van der Waals surface area contributed by atoms with Crippen molar-refractivity contribution >= 4 is 15.7 Å². The van der Waals surface area contributed by atoms with Gasteiger partial charge in [-0.2, -0.15) is 0 Å². The van der Waals surface area contributed by atoms with Crippen molar-refractivity contribution in [1.82, 2.24) is 0 Å². The van der Waals surface area contributed by atoms with E-state index in [1.54, 1.807) is 28.8 Å². The highest BCUT2D eigenvalue weighted by atomic mass is 32.2. The number of rotatable bonds is 8. The predicted octanol–water partition coefficient (Wildman–Crippen LogP) is 4.88. The van der Waals surface area contributed by atoms with Crippen molar-refractivity contribution < 1.29 is 27.7 Å². The van der Waals surface area contributed by atoms with Crippen molar-refractivity contribution in [1.29, 1.82) is 0 Å². The van der Waals surface area contributed by atoms with E-state index in [9.17, 15) is 13.5 Å². The minimum absolute atomic E-state index is 0.00249. The maximum atomic E-state index is 14.2. The van der Waals surface area contributed by atoms with Crippen LogP contribution in [0.5, 0.6) is 5.75 Å². The highest BCUT2D eigenvalue weighted by Crippen LogP contribution is 2.46. The van der Waals surface area contributed by atoms with Gasteiger partial charge in [0.1, 0.15) is 11.9 Å². The summed E-state index contributed by atoms with van der Waals surface area (Å²) in [5.74, 6) is 1.34. The zero-order chi connectivity index (χ0) is 25.4. The Hall–Kier alpha value is -2.55. The molecule has 0 spiro atoms. The SMILES string of the molecule is O=S(=O)(c1ccc(OCC2CCOCC2)c(CO)c1)N1c2ccc(C3CC=CO3)cc2CCC1C1CC1. The van der Waals surface area contributed by atoms with Crippen LogP contribution in [0.2, 0.25) is 0 Å². The lowest BCUT2D eigenvalue weighted by molar-refractivity contribution is 0.0494. The highest BCUT2D eigenvalue weighted by molar-refractivity contribution is 7.92. The van der Waals surface area contributed by atoms with Gasteiger partial charge in [0.25, 0.3) is 10.0 Å². The molecule has 4 aliphatic rings. The second-order valence-electron chi connectivity index (χ2n) is 10.7. The van der Waals surface area contributed by atoms with Crippen LogP contribution < -0.4 is 9.04 Å². The molecule has 1 aliphatic carbocycles. The molecule has 0 amide bonds. The smallest absolute Gasteiger partial charge is 0.264 e. The van der Waals surface area contributed by atoms with Crippen LogP contribution in [0.1, 0.15) is 61.3 Å². The number of aryl methyl sites for hydroxylation is 1. The number of aliphatic hydroxyl groups excluding tert-OH is 1. The van der Waals surface area contributed by atoms with Gasteiger partial charge in [-0.15, -0.1) is 0 Å². The topological polar surface area (TPSA) is 85.3 Å². The molecule has 1 saturated heterocycles. The Morgan fingerprint density at radius 3 is 2.59 bits per heavy atom. The Labute approximate surface area is 219 Å². The molecular weight excluding hydrogens is 490 g/mol. The number of ether oxygens (including phenoxy) is 3. The van der Waals surface area contributed by atoms with Gasteiger partial charge in [-0.3, -0.25) is 4.31 Å². The molecular formula is C29H35NO6S. The Morgan fingerprint density at radius 1 is 1.03 bits per heavy atom. The largest absolute Gasteiger partial charge is 0.493 e. The van der Waals surface area contributed by atoms with Crippen molar-refractivity contribution in [2.24, 2.45) is 11.8 Å². The van der Waals surface area contributed by atoms with Crippen LogP contribution in [0, 0.1) is 11.8 Å². The summed E-state index contributed by atoms with van der Waals surface area (Å²) in [6, 6.07) is 10.9. The van der Waals surface area contributed by atoms with Gasteiger partial charge in [-0.1, -0.05) is 12.1 Å². The number of hydrogen-bond donors (Lipinski definition) is 1. The zero-order valence-electron chi connectivity index (χ0n) is 21.1. The molecule has 0 bridgehead atoms. The molecule has 2 unspecified atom stereocenters. The number of aliphatic hydroxyl groups is 1. The molecule has 8 heteroatoms. The third kappa shape index (κ3) is 4.99. The first-order valence-electron chi connectivity index (χ1n) is 13.5. The Bertz CT molecular complexity index is 1260. The van der Waals surface area contributed by atoms with Gasteiger partial charge in [0.15, 0.2) is 0 Å². The van der Waals surface area contributed by atoms with E-state index in [-0.39, 0.29) is 23.6 Å². The molecule has 6 rings (SSSR count). The molecule has 3 heterocycles. The molecule has 2 atom stereocenters. The lowest BCUT2D eigenvalue weighted by Gasteiger charge is -2.38. The van der Waals surface area contributed by atoms with E-state index in [1.807, 2.05) is 18.2 Å². The first kappa shape index (κ1) is 24.8. The molecule has 2 aromatic rings. The Kier molecular flexibility index (Phi) is 6.90. The van der Waals surface area contributed by atoms with Gasteiger partial charge in [-0.25, -0.2) is 8.42 Å². The summed E-state index contributed by atoms with van der Waals surface area (Å²) < 4.78 is 47.2. The minimum Gasteiger partial charge on any atom is -0.493 e. The molecule has 198 valence electrons. The van der Waals surface area contributed by atoms with Crippen LogP contribution in [-0.2, 0) is 32.5 Å². The zero-order valence-corrected chi connectivity index (χ0v) is 21.9. The van der Waals surface area contributed by atoms with E-state index >= 15 is 0 Å². The molecule has 1 N–H and O–H groups in total. The molecule has 7 nitrogen and oxygen atoms in total. The fourth-order valence-electron chi connectivity index (χ4n) is 5.85. The summed E-state index contributed by atoms with van der Waals surface area (Å²) in [5.41, 5.74) is 3.39. The van der Waals surface area contributed by atoms with Gasteiger partial charge in [0.05, 0.1) is 30.1 Å². The Morgan fingerprint density at radius 2 is 1.86 bits per heavy atom. The van der Waals surface area contributed by atoms with Crippen LogP contribution in [0.4, 0.5) is 5.69 Å². The summed E-state index contributed by atoms with van der Waals surface area (Å²) in [4.78, 5) is 0.195. The highest BCUT2D eigenvalue weighted by Gasteiger charge is 2.44. The summed E-state index contributed by atoms with van der Waals surface area (Å²) >= 11 is 0. The third-order valence-electron chi connectivity index (χ3n) is 8.15. The molecule has 0 aromatic heterocycles. The van der Waals surface area contributed by atoms with Gasteiger partial charge < -0.3 is 19.3 Å². The van der Waals surface area contributed by atoms with Crippen molar-refractivity contribution in [3.05, 3.63) is 65.4 Å². The lowest BCUT2D eigenvalue weighted by Crippen LogP contribution is -2.45. The van der Waals surface area contributed by atoms with E-state index in [0.29, 0.717) is 29.8 Å². The number of nitrogens with zero attached hydrogens (tertiary/aromatic N) is 1. The number of anilines is 1. The lowest BCUT2D eigenvalue weighted by atomic mass is 9.92. The second-order valence-corrected chi connectivity index (χ2v) is 12.5. The average Bonchev–Trinajstić information content (AvgIpc) is 3.64. The second kappa shape index (κ2) is 10.3. The third-order valence-corrected chi connectivity index (χ3v) is 9.99. The average molecular weight is 526 g/mol.